The van der Waals surface area contributed by atoms with E-state index < -0.39 is 0 Å². The van der Waals surface area contributed by atoms with Gasteiger partial charge in [0.1, 0.15) is 0 Å². The van der Waals surface area contributed by atoms with Gasteiger partial charge in [-0.15, -0.1) is 0 Å². The number of halogens is 1. The Morgan fingerprint density at radius 3 is 3.09 bits per heavy atom. The quantitative estimate of drug-likeness (QED) is 0.692. The summed E-state index contributed by atoms with van der Waals surface area (Å²) in [5, 5.41) is 9.44. The van der Waals surface area contributed by atoms with E-state index >= 15 is 0 Å². The van der Waals surface area contributed by atoms with Gasteiger partial charge in [0.2, 0.25) is 0 Å². The number of aliphatic hydroxyl groups excluding tert-OH is 1. The molecular weight excluding hydrogens is 164 g/mol. The van der Waals surface area contributed by atoms with E-state index in [1.54, 1.807) is 0 Å². The fraction of sp³-hybridized carbons (Fsp3) is 0.750. The van der Waals surface area contributed by atoms with Gasteiger partial charge in [-0.05, 0) is 12.8 Å². The Hall–Kier alpha value is -0.0500. The van der Waals surface area contributed by atoms with Gasteiger partial charge in [0.15, 0.2) is 0 Å². The molecule has 1 saturated heterocycles. The SMILES string of the molecule is OC1CCOCC1C/C=C/Cl. The molecule has 1 aliphatic heterocycles. The van der Waals surface area contributed by atoms with Crippen LogP contribution in [0.1, 0.15) is 12.8 Å². The zero-order valence-corrected chi connectivity index (χ0v) is 7.13. The smallest absolute Gasteiger partial charge is 0.0615 e. The molecule has 2 unspecified atom stereocenters. The number of ether oxygens (including phenoxy) is 1. The molecule has 0 aromatic heterocycles. The van der Waals surface area contributed by atoms with Crippen molar-refractivity contribution in [2.45, 2.75) is 18.9 Å². The average molecular weight is 177 g/mol. The molecule has 0 aromatic carbocycles. The maximum atomic E-state index is 9.44. The Kier molecular flexibility index (Phi) is 3.91. The lowest BCUT2D eigenvalue weighted by atomic mass is 9.95. The van der Waals surface area contributed by atoms with E-state index in [9.17, 15) is 5.11 Å². The fourth-order valence-electron chi connectivity index (χ4n) is 1.24. The molecule has 64 valence electrons. The summed E-state index contributed by atoms with van der Waals surface area (Å²) in [4.78, 5) is 0. The van der Waals surface area contributed by atoms with E-state index in [-0.39, 0.29) is 12.0 Å². The third-order valence-corrected chi connectivity index (χ3v) is 2.14. The van der Waals surface area contributed by atoms with Crippen LogP contribution in [-0.2, 0) is 4.74 Å². The van der Waals surface area contributed by atoms with Crippen LogP contribution in [0.25, 0.3) is 0 Å². The first-order valence-corrected chi connectivity index (χ1v) is 4.29. The third-order valence-electron chi connectivity index (χ3n) is 1.96. The summed E-state index contributed by atoms with van der Waals surface area (Å²) in [6.07, 6.45) is 3.20. The van der Waals surface area contributed by atoms with Gasteiger partial charge in [-0.1, -0.05) is 17.7 Å². The molecule has 11 heavy (non-hydrogen) atoms. The molecule has 1 rings (SSSR count). The van der Waals surface area contributed by atoms with Crippen LogP contribution in [0, 0.1) is 5.92 Å². The second-order valence-corrected chi connectivity index (χ2v) is 3.04. The summed E-state index contributed by atoms with van der Waals surface area (Å²) >= 11 is 5.37. The first-order valence-electron chi connectivity index (χ1n) is 3.85. The van der Waals surface area contributed by atoms with Gasteiger partial charge in [-0.25, -0.2) is 0 Å². The largest absolute Gasteiger partial charge is 0.393 e. The molecule has 2 nitrogen and oxygen atoms in total. The maximum Gasteiger partial charge on any atom is 0.0615 e. The van der Waals surface area contributed by atoms with Crippen molar-refractivity contribution in [2.24, 2.45) is 5.92 Å². The summed E-state index contributed by atoms with van der Waals surface area (Å²) < 4.78 is 5.21. The molecule has 0 aromatic rings. The van der Waals surface area contributed by atoms with Gasteiger partial charge in [-0.3, -0.25) is 0 Å². The van der Waals surface area contributed by atoms with Crippen LogP contribution in [0.2, 0.25) is 0 Å². The Balaban J connectivity index is 2.29. The number of aliphatic hydroxyl groups is 1. The molecule has 1 N–H and O–H groups in total. The van der Waals surface area contributed by atoms with Crippen molar-refractivity contribution in [3.8, 4) is 0 Å². The number of rotatable bonds is 2. The average Bonchev–Trinajstić information content (AvgIpc) is 2.03. The molecule has 0 aliphatic carbocycles. The van der Waals surface area contributed by atoms with E-state index in [1.807, 2.05) is 6.08 Å². The summed E-state index contributed by atoms with van der Waals surface area (Å²) in [6.45, 7) is 1.34. The van der Waals surface area contributed by atoms with Gasteiger partial charge < -0.3 is 9.84 Å². The first-order chi connectivity index (χ1) is 5.34. The number of allylic oxidation sites excluding steroid dienone is 1. The van der Waals surface area contributed by atoms with E-state index in [2.05, 4.69) is 0 Å². The Morgan fingerprint density at radius 2 is 2.45 bits per heavy atom. The van der Waals surface area contributed by atoms with Crippen molar-refractivity contribution in [1.82, 2.24) is 0 Å². The van der Waals surface area contributed by atoms with Crippen molar-refractivity contribution in [3.63, 3.8) is 0 Å². The number of hydrogen-bond acceptors (Lipinski definition) is 2. The minimum absolute atomic E-state index is 0.211. The van der Waals surface area contributed by atoms with Crippen molar-refractivity contribution < 1.29 is 9.84 Å². The van der Waals surface area contributed by atoms with Crippen molar-refractivity contribution in [2.75, 3.05) is 13.2 Å². The Bertz CT molecular complexity index is 136. The minimum Gasteiger partial charge on any atom is -0.393 e. The molecule has 1 fully saturated rings. The van der Waals surface area contributed by atoms with Crippen molar-refractivity contribution in [1.29, 1.82) is 0 Å². The van der Waals surface area contributed by atoms with Crippen molar-refractivity contribution >= 4 is 11.6 Å². The van der Waals surface area contributed by atoms with Crippen LogP contribution in [0.15, 0.2) is 11.6 Å². The predicted octanol–water partition coefficient (Wildman–Crippen LogP) is 1.53. The van der Waals surface area contributed by atoms with Crippen LogP contribution >= 0.6 is 11.6 Å². The third kappa shape index (κ3) is 2.81. The van der Waals surface area contributed by atoms with Gasteiger partial charge in [0, 0.05) is 18.1 Å². The molecule has 3 heteroatoms. The lowest BCUT2D eigenvalue weighted by Gasteiger charge is -2.26. The van der Waals surface area contributed by atoms with Crippen LogP contribution in [0.4, 0.5) is 0 Å². The van der Waals surface area contributed by atoms with E-state index in [1.165, 1.54) is 5.54 Å². The van der Waals surface area contributed by atoms with Crippen LogP contribution in [0.3, 0.4) is 0 Å². The topological polar surface area (TPSA) is 29.5 Å². The zero-order valence-electron chi connectivity index (χ0n) is 6.37. The van der Waals surface area contributed by atoms with Gasteiger partial charge >= 0.3 is 0 Å². The molecule has 1 aliphatic rings. The summed E-state index contributed by atoms with van der Waals surface area (Å²) in [6, 6.07) is 0. The standard InChI is InChI=1S/C8H13ClO2/c9-4-1-2-7-6-11-5-3-8(7)10/h1,4,7-8,10H,2-3,5-6H2/b4-1+. The van der Waals surface area contributed by atoms with Crippen LogP contribution in [0.5, 0.6) is 0 Å². The lowest BCUT2D eigenvalue weighted by Crippen LogP contribution is -2.31. The highest BCUT2D eigenvalue weighted by Gasteiger charge is 2.21. The molecule has 0 amide bonds. The maximum absolute atomic E-state index is 9.44. The zero-order chi connectivity index (χ0) is 8.10. The first kappa shape index (κ1) is 9.04. The lowest BCUT2D eigenvalue weighted by molar-refractivity contribution is -0.0340. The monoisotopic (exact) mass is 176 g/mol. The molecule has 0 spiro atoms. The Morgan fingerprint density at radius 1 is 1.64 bits per heavy atom. The van der Waals surface area contributed by atoms with E-state index in [4.69, 9.17) is 16.3 Å². The Labute approximate surface area is 71.8 Å². The second kappa shape index (κ2) is 4.75. The summed E-state index contributed by atoms with van der Waals surface area (Å²) in [5.74, 6) is 0.235. The highest BCUT2D eigenvalue weighted by atomic mass is 35.5. The minimum atomic E-state index is -0.211. The molecule has 0 bridgehead atoms. The highest BCUT2D eigenvalue weighted by molar-refractivity contribution is 6.25. The van der Waals surface area contributed by atoms with Crippen LogP contribution in [-0.4, -0.2) is 24.4 Å². The molecule has 0 saturated carbocycles. The van der Waals surface area contributed by atoms with Gasteiger partial charge in [-0.2, -0.15) is 0 Å². The molecule has 0 radical (unpaired) electrons. The van der Waals surface area contributed by atoms with E-state index in [0.717, 1.165) is 12.8 Å². The molecule has 1 heterocycles. The van der Waals surface area contributed by atoms with Crippen LogP contribution < -0.4 is 0 Å². The van der Waals surface area contributed by atoms with Gasteiger partial charge in [0.05, 0.1) is 12.7 Å². The highest BCUT2D eigenvalue weighted by Crippen LogP contribution is 2.18. The summed E-state index contributed by atoms with van der Waals surface area (Å²) in [5.41, 5.74) is 1.49. The predicted molar refractivity (Wildman–Crippen MR) is 44.5 cm³/mol. The molecule has 2 atom stereocenters. The summed E-state index contributed by atoms with van der Waals surface area (Å²) in [7, 11) is 0. The molecular formula is C8H13ClO2. The fourth-order valence-corrected chi connectivity index (χ4v) is 1.34. The normalized spacial score (nSPS) is 32.9. The van der Waals surface area contributed by atoms with Crippen molar-refractivity contribution in [3.05, 3.63) is 11.6 Å². The van der Waals surface area contributed by atoms with Gasteiger partial charge in [0.25, 0.3) is 0 Å². The van der Waals surface area contributed by atoms with E-state index in [0.29, 0.717) is 13.2 Å². The second-order valence-electron chi connectivity index (χ2n) is 2.79. The number of hydrogen-bond donors (Lipinski definition) is 1.